The molecule has 0 fully saturated rings. The molecular weight excluding hydrogens is 372 g/mol. The zero-order chi connectivity index (χ0) is 20.4. The first-order valence-electron chi connectivity index (χ1n) is 9.39. The number of rotatable bonds is 5. The Morgan fingerprint density at radius 3 is 2.83 bits per heavy atom. The topological polar surface area (TPSA) is 71.1 Å². The van der Waals surface area contributed by atoms with Crippen molar-refractivity contribution in [2.24, 2.45) is 0 Å². The molecule has 4 rings (SSSR count). The fraction of sp³-hybridized carbons (Fsp3) is 0.217. The molecule has 2 aromatic rings. The average Bonchev–Trinajstić information content (AvgIpc) is 3.02. The molecule has 2 aliphatic rings. The van der Waals surface area contributed by atoms with Gasteiger partial charge in [0.15, 0.2) is 12.4 Å². The van der Waals surface area contributed by atoms with Crippen LogP contribution in [0.25, 0.3) is 6.08 Å². The van der Waals surface area contributed by atoms with Crippen molar-refractivity contribution < 1.29 is 28.5 Å². The lowest BCUT2D eigenvalue weighted by molar-refractivity contribution is -0.145. The van der Waals surface area contributed by atoms with Crippen LogP contribution in [-0.2, 0) is 9.53 Å². The predicted octanol–water partition coefficient (Wildman–Crippen LogP) is 3.95. The molecule has 6 nitrogen and oxygen atoms in total. The second kappa shape index (κ2) is 7.83. The molecule has 0 amide bonds. The molecular formula is C23H20O6. The molecule has 0 spiro atoms. The maximum absolute atomic E-state index is 12.7. The molecule has 1 unspecified atom stereocenters. The molecule has 29 heavy (non-hydrogen) atoms. The van der Waals surface area contributed by atoms with Gasteiger partial charge in [-0.3, -0.25) is 4.79 Å². The largest absolute Gasteiger partial charge is 0.485 e. The third kappa shape index (κ3) is 3.87. The van der Waals surface area contributed by atoms with Gasteiger partial charge in [0.1, 0.15) is 23.4 Å². The van der Waals surface area contributed by atoms with Crippen LogP contribution in [0.2, 0.25) is 0 Å². The fourth-order valence-corrected chi connectivity index (χ4v) is 3.17. The third-order valence-electron chi connectivity index (χ3n) is 4.62. The highest BCUT2D eigenvalue weighted by atomic mass is 16.6. The number of carbonyl (C=O) groups is 2. The number of allylic oxidation sites excluding steroid dienone is 1. The molecule has 0 N–H and O–H groups in total. The van der Waals surface area contributed by atoms with E-state index in [0.29, 0.717) is 23.7 Å². The number of ether oxygens (including phenoxy) is 4. The molecule has 2 heterocycles. The van der Waals surface area contributed by atoms with Crippen molar-refractivity contribution in [3.63, 3.8) is 0 Å². The van der Waals surface area contributed by atoms with Crippen LogP contribution in [0.15, 0.2) is 59.9 Å². The number of hydrogen-bond acceptors (Lipinski definition) is 6. The van der Waals surface area contributed by atoms with Gasteiger partial charge in [-0.05, 0) is 49.8 Å². The van der Waals surface area contributed by atoms with E-state index in [0.717, 1.165) is 16.9 Å². The lowest BCUT2D eigenvalue weighted by Gasteiger charge is -2.22. The molecule has 0 radical (unpaired) electrons. The third-order valence-corrected chi connectivity index (χ3v) is 4.62. The Morgan fingerprint density at radius 2 is 2.00 bits per heavy atom. The minimum Gasteiger partial charge on any atom is -0.485 e. The highest BCUT2D eigenvalue weighted by molar-refractivity contribution is 6.12. The molecule has 0 saturated heterocycles. The quantitative estimate of drug-likeness (QED) is 0.567. The molecule has 148 valence electrons. The molecule has 1 atom stereocenters. The van der Waals surface area contributed by atoms with E-state index in [-0.39, 0.29) is 24.3 Å². The van der Waals surface area contributed by atoms with Crippen LogP contribution in [-0.4, -0.2) is 31.1 Å². The van der Waals surface area contributed by atoms with Crippen LogP contribution in [0.3, 0.4) is 0 Å². The number of Topliss-reactive ketones (excluding diaryl/α,β-unsaturated/α-hetero) is 1. The molecule has 0 bridgehead atoms. The van der Waals surface area contributed by atoms with Crippen LogP contribution in [0, 0.1) is 0 Å². The van der Waals surface area contributed by atoms with Crippen molar-refractivity contribution in [1.29, 1.82) is 0 Å². The van der Waals surface area contributed by atoms with Gasteiger partial charge in [-0.25, -0.2) is 4.79 Å². The van der Waals surface area contributed by atoms with Crippen LogP contribution in [0.1, 0.15) is 29.8 Å². The number of fused-ring (bicyclic) bond motifs is 2. The SMILES string of the molecule is CCOC(=O)COc1ccc2c(c1)O/C(=C\C1=Cc3ccccc3OC1C)C2=O. The van der Waals surface area contributed by atoms with E-state index in [1.54, 1.807) is 31.2 Å². The number of carbonyl (C=O) groups excluding carboxylic acids is 2. The predicted molar refractivity (Wildman–Crippen MR) is 106 cm³/mol. The summed E-state index contributed by atoms with van der Waals surface area (Å²) < 4.78 is 21.9. The number of para-hydroxylation sites is 1. The maximum Gasteiger partial charge on any atom is 0.344 e. The van der Waals surface area contributed by atoms with Gasteiger partial charge in [0.05, 0.1) is 12.2 Å². The number of benzene rings is 2. The summed E-state index contributed by atoms with van der Waals surface area (Å²) in [6, 6.07) is 12.6. The number of hydrogen-bond donors (Lipinski definition) is 0. The van der Waals surface area contributed by atoms with E-state index in [4.69, 9.17) is 18.9 Å². The smallest absolute Gasteiger partial charge is 0.344 e. The molecule has 0 aromatic heterocycles. The van der Waals surface area contributed by atoms with E-state index in [2.05, 4.69) is 0 Å². The van der Waals surface area contributed by atoms with E-state index >= 15 is 0 Å². The van der Waals surface area contributed by atoms with Gasteiger partial charge >= 0.3 is 5.97 Å². The highest BCUT2D eigenvalue weighted by Gasteiger charge is 2.29. The zero-order valence-electron chi connectivity index (χ0n) is 16.1. The molecule has 2 aliphatic heterocycles. The average molecular weight is 392 g/mol. The summed E-state index contributed by atoms with van der Waals surface area (Å²) in [6.07, 6.45) is 3.49. The first kappa shape index (κ1) is 18.8. The van der Waals surface area contributed by atoms with E-state index in [1.165, 1.54) is 0 Å². The van der Waals surface area contributed by atoms with Crippen molar-refractivity contribution in [3.05, 3.63) is 71.0 Å². The van der Waals surface area contributed by atoms with Gasteiger partial charge in [-0.1, -0.05) is 18.2 Å². The lowest BCUT2D eigenvalue weighted by Crippen LogP contribution is -2.18. The fourth-order valence-electron chi connectivity index (χ4n) is 3.17. The van der Waals surface area contributed by atoms with Crippen molar-refractivity contribution >= 4 is 17.8 Å². The van der Waals surface area contributed by atoms with Crippen LogP contribution in [0.5, 0.6) is 17.2 Å². The summed E-state index contributed by atoms with van der Waals surface area (Å²) in [7, 11) is 0. The van der Waals surface area contributed by atoms with Crippen LogP contribution >= 0.6 is 0 Å². The Hall–Kier alpha value is -3.54. The van der Waals surface area contributed by atoms with E-state index in [9.17, 15) is 9.59 Å². The van der Waals surface area contributed by atoms with Gasteiger partial charge in [0.2, 0.25) is 5.78 Å². The van der Waals surface area contributed by atoms with Crippen LogP contribution in [0.4, 0.5) is 0 Å². The molecule has 0 aliphatic carbocycles. The van der Waals surface area contributed by atoms with Crippen molar-refractivity contribution in [3.8, 4) is 17.2 Å². The number of ketones is 1. The summed E-state index contributed by atoms with van der Waals surface area (Å²) in [4.78, 5) is 24.1. The Bertz CT molecular complexity index is 1030. The summed E-state index contributed by atoms with van der Waals surface area (Å²) >= 11 is 0. The van der Waals surface area contributed by atoms with Crippen molar-refractivity contribution in [2.75, 3.05) is 13.2 Å². The Morgan fingerprint density at radius 1 is 1.17 bits per heavy atom. The summed E-state index contributed by atoms with van der Waals surface area (Å²) in [6.45, 7) is 3.74. The highest BCUT2D eigenvalue weighted by Crippen LogP contribution is 2.36. The first-order chi connectivity index (χ1) is 14.0. The minimum atomic E-state index is -0.455. The van der Waals surface area contributed by atoms with Crippen LogP contribution < -0.4 is 14.2 Å². The van der Waals surface area contributed by atoms with Gasteiger partial charge in [-0.2, -0.15) is 0 Å². The summed E-state index contributed by atoms with van der Waals surface area (Å²) in [5.74, 6) is 1.20. The second-order valence-electron chi connectivity index (χ2n) is 6.63. The van der Waals surface area contributed by atoms with E-state index < -0.39 is 5.97 Å². The summed E-state index contributed by atoms with van der Waals surface area (Å²) in [5.41, 5.74) is 2.25. The monoisotopic (exact) mass is 392 g/mol. The zero-order valence-corrected chi connectivity index (χ0v) is 16.1. The van der Waals surface area contributed by atoms with Gasteiger partial charge < -0.3 is 18.9 Å². The Kier molecular flexibility index (Phi) is 5.08. The minimum absolute atomic E-state index is 0.204. The second-order valence-corrected chi connectivity index (χ2v) is 6.63. The van der Waals surface area contributed by atoms with Gasteiger partial charge in [0, 0.05) is 11.6 Å². The van der Waals surface area contributed by atoms with Crippen molar-refractivity contribution in [2.45, 2.75) is 20.0 Å². The van der Waals surface area contributed by atoms with Gasteiger partial charge in [0.25, 0.3) is 0 Å². The number of esters is 1. The Labute approximate surface area is 168 Å². The summed E-state index contributed by atoms with van der Waals surface area (Å²) in [5, 5.41) is 0. The Balaban J connectivity index is 1.54. The molecule has 0 saturated carbocycles. The normalized spacial score (nSPS) is 18.3. The standard InChI is InChI=1S/C23H20O6/c1-3-26-22(24)13-27-17-8-9-18-20(12-17)29-21(23(18)25)11-16-10-15-6-4-5-7-19(15)28-14(16)2/h4-12,14H,3,13H2,1-2H3/b21-11-. The lowest BCUT2D eigenvalue weighted by atomic mass is 10.0. The first-order valence-corrected chi connectivity index (χ1v) is 9.39. The van der Waals surface area contributed by atoms with Crippen molar-refractivity contribution in [1.82, 2.24) is 0 Å². The van der Waals surface area contributed by atoms with Gasteiger partial charge in [-0.15, -0.1) is 0 Å². The molecule has 6 heteroatoms. The van der Waals surface area contributed by atoms with E-state index in [1.807, 2.05) is 37.3 Å². The maximum atomic E-state index is 12.7. The molecule has 2 aromatic carbocycles.